The van der Waals surface area contributed by atoms with E-state index in [9.17, 15) is 9.18 Å². The third-order valence-electron chi connectivity index (χ3n) is 4.28. The van der Waals surface area contributed by atoms with Gasteiger partial charge in [-0.3, -0.25) is 9.69 Å². The van der Waals surface area contributed by atoms with Crippen LogP contribution in [0.3, 0.4) is 0 Å². The molecule has 5 N–H and O–H groups in total. The molecule has 0 radical (unpaired) electrons. The SMILES string of the molecule is Nc1cc(-c2cc(F)cc(C(=O)N3CCN(CCO)CC3)c2)nc(N)n1. The Morgan fingerprint density at radius 3 is 2.50 bits per heavy atom. The van der Waals surface area contributed by atoms with Crippen molar-refractivity contribution in [1.82, 2.24) is 19.8 Å². The summed E-state index contributed by atoms with van der Waals surface area (Å²) in [7, 11) is 0. The number of nitrogens with two attached hydrogens (primary N) is 2. The number of aromatic nitrogens is 2. The molecule has 0 unspecified atom stereocenters. The molecule has 138 valence electrons. The smallest absolute Gasteiger partial charge is 0.254 e. The van der Waals surface area contributed by atoms with E-state index in [1.54, 1.807) is 11.0 Å². The number of nitrogen functional groups attached to an aromatic ring is 2. The molecule has 1 amide bonds. The molecule has 0 bridgehead atoms. The molecule has 0 atom stereocenters. The molecule has 1 aromatic heterocycles. The van der Waals surface area contributed by atoms with Crippen molar-refractivity contribution in [3.8, 4) is 11.3 Å². The first-order valence-corrected chi connectivity index (χ1v) is 8.30. The Balaban J connectivity index is 1.82. The monoisotopic (exact) mass is 360 g/mol. The zero-order valence-electron chi connectivity index (χ0n) is 14.2. The van der Waals surface area contributed by atoms with Crippen molar-refractivity contribution in [2.45, 2.75) is 0 Å². The second kappa shape index (κ2) is 7.63. The number of rotatable bonds is 4. The predicted molar refractivity (Wildman–Crippen MR) is 95.7 cm³/mol. The molecule has 26 heavy (non-hydrogen) atoms. The Morgan fingerprint density at radius 2 is 1.85 bits per heavy atom. The lowest BCUT2D eigenvalue weighted by atomic mass is 10.1. The summed E-state index contributed by atoms with van der Waals surface area (Å²) in [6, 6.07) is 5.54. The van der Waals surface area contributed by atoms with Crippen molar-refractivity contribution in [2.75, 3.05) is 50.8 Å². The summed E-state index contributed by atoms with van der Waals surface area (Å²) in [5.74, 6) is -0.633. The molecule has 1 saturated heterocycles. The normalized spacial score (nSPS) is 15.2. The number of hydrogen-bond donors (Lipinski definition) is 3. The fourth-order valence-corrected chi connectivity index (χ4v) is 2.99. The summed E-state index contributed by atoms with van der Waals surface area (Å²) < 4.78 is 14.1. The second-order valence-electron chi connectivity index (χ2n) is 6.12. The zero-order chi connectivity index (χ0) is 18.7. The summed E-state index contributed by atoms with van der Waals surface area (Å²) in [4.78, 5) is 24.3. The first-order valence-electron chi connectivity index (χ1n) is 8.30. The first kappa shape index (κ1) is 18.0. The number of aliphatic hydroxyl groups excluding tert-OH is 1. The van der Waals surface area contributed by atoms with Crippen LogP contribution in [0.2, 0.25) is 0 Å². The Bertz CT molecular complexity index is 788. The van der Waals surface area contributed by atoms with Crippen molar-refractivity contribution >= 4 is 17.7 Å². The maximum Gasteiger partial charge on any atom is 0.254 e. The van der Waals surface area contributed by atoms with Crippen LogP contribution in [0.15, 0.2) is 24.3 Å². The van der Waals surface area contributed by atoms with E-state index in [-0.39, 0.29) is 29.8 Å². The Hall–Kier alpha value is -2.78. The third kappa shape index (κ3) is 4.06. The minimum atomic E-state index is -0.541. The molecule has 9 heteroatoms. The van der Waals surface area contributed by atoms with Gasteiger partial charge in [-0.05, 0) is 18.2 Å². The number of anilines is 2. The number of amides is 1. The van der Waals surface area contributed by atoms with Crippen LogP contribution in [0.5, 0.6) is 0 Å². The molecule has 1 aromatic carbocycles. The van der Waals surface area contributed by atoms with Crippen LogP contribution in [0.4, 0.5) is 16.2 Å². The van der Waals surface area contributed by atoms with Gasteiger partial charge in [0, 0.05) is 49.9 Å². The van der Waals surface area contributed by atoms with Gasteiger partial charge >= 0.3 is 0 Å². The average molecular weight is 360 g/mol. The fourth-order valence-electron chi connectivity index (χ4n) is 2.99. The van der Waals surface area contributed by atoms with Crippen molar-refractivity contribution in [2.24, 2.45) is 0 Å². The Morgan fingerprint density at radius 1 is 1.12 bits per heavy atom. The molecule has 0 aliphatic carbocycles. The lowest BCUT2D eigenvalue weighted by Crippen LogP contribution is -2.49. The largest absolute Gasteiger partial charge is 0.395 e. The number of carbonyl (C=O) groups is 1. The second-order valence-corrected chi connectivity index (χ2v) is 6.12. The number of benzene rings is 1. The molecule has 0 saturated carbocycles. The molecule has 2 heterocycles. The molecule has 1 fully saturated rings. The highest BCUT2D eigenvalue weighted by Crippen LogP contribution is 2.23. The van der Waals surface area contributed by atoms with Crippen molar-refractivity contribution in [3.63, 3.8) is 0 Å². The van der Waals surface area contributed by atoms with Gasteiger partial charge in [-0.2, -0.15) is 4.98 Å². The topological polar surface area (TPSA) is 122 Å². The van der Waals surface area contributed by atoms with Crippen LogP contribution in [0, 0.1) is 5.82 Å². The lowest BCUT2D eigenvalue weighted by molar-refractivity contribution is 0.0614. The van der Waals surface area contributed by atoms with Gasteiger partial charge in [-0.1, -0.05) is 0 Å². The highest BCUT2D eigenvalue weighted by Gasteiger charge is 2.23. The van der Waals surface area contributed by atoms with Gasteiger partial charge in [0.2, 0.25) is 5.95 Å². The van der Waals surface area contributed by atoms with E-state index in [1.807, 2.05) is 0 Å². The summed E-state index contributed by atoms with van der Waals surface area (Å²) in [5, 5.41) is 8.99. The van der Waals surface area contributed by atoms with E-state index in [0.717, 1.165) is 0 Å². The van der Waals surface area contributed by atoms with Crippen molar-refractivity contribution in [1.29, 1.82) is 0 Å². The summed E-state index contributed by atoms with van der Waals surface area (Å²) >= 11 is 0. The maximum atomic E-state index is 14.1. The van der Waals surface area contributed by atoms with Crippen LogP contribution in [0.25, 0.3) is 11.3 Å². The minimum Gasteiger partial charge on any atom is -0.395 e. The lowest BCUT2D eigenvalue weighted by Gasteiger charge is -2.34. The van der Waals surface area contributed by atoms with Crippen LogP contribution in [-0.2, 0) is 0 Å². The summed E-state index contributed by atoms with van der Waals surface area (Å²) in [6.45, 7) is 3.08. The number of hydrogen-bond acceptors (Lipinski definition) is 7. The van der Waals surface area contributed by atoms with Crippen LogP contribution in [-0.4, -0.2) is 70.1 Å². The van der Waals surface area contributed by atoms with Crippen LogP contribution < -0.4 is 11.5 Å². The van der Waals surface area contributed by atoms with Gasteiger partial charge in [0.15, 0.2) is 0 Å². The number of halogens is 1. The zero-order valence-corrected chi connectivity index (χ0v) is 14.2. The van der Waals surface area contributed by atoms with E-state index in [0.29, 0.717) is 44.0 Å². The van der Waals surface area contributed by atoms with Crippen LogP contribution >= 0.6 is 0 Å². The van der Waals surface area contributed by atoms with Gasteiger partial charge in [0.25, 0.3) is 5.91 Å². The molecule has 1 aliphatic rings. The summed E-state index contributed by atoms with van der Waals surface area (Å²) in [5.41, 5.74) is 12.3. The van der Waals surface area contributed by atoms with E-state index in [4.69, 9.17) is 16.6 Å². The Labute approximate surface area is 150 Å². The summed E-state index contributed by atoms with van der Waals surface area (Å²) in [6.07, 6.45) is 0. The van der Waals surface area contributed by atoms with Crippen molar-refractivity contribution < 1.29 is 14.3 Å². The van der Waals surface area contributed by atoms with E-state index >= 15 is 0 Å². The van der Waals surface area contributed by atoms with Crippen LogP contribution in [0.1, 0.15) is 10.4 Å². The fraction of sp³-hybridized carbons (Fsp3) is 0.353. The number of nitrogens with zero attached hydrogens (tertiary/aromatic N) is 4. The quantitative estimate of drug-likeness (QED) is 0.712. The van der Waals surface area contributed by atoms with Gasteiger partial charge in [0.05, 0.1) is 12.3 Å². The molecular formula is C17H21FN6O2. The molecule has 1 aliphatic heterocycles. The highest BCUT2D eigenvalue weighted by molar-refractivity contribution is 5.95. The minimum absolute atomic E-state index is 0.0165. The standard InChI is InChI=1S/C17H21FN6O2/c18-13-8-11(14-10-15(19)22-17(20)21-14)7-12(9-13)16(26)24-3-1-23(2-4-24)5-6-25/h7-10,25H,1-6H2,(H4,19,20,21,22). The molecular weight excluding hydrogens is 339 g/mol. The van der Waals surface area contributed by atoms with Gasteiger partial charge in [-0.25, -0.2) is 9.37 Å². The van der Waals surface area contributed by atoms with Gasteiger partial charge in [0.1, 0.15) is 11.6 Å². The number of carbonyl (C=O) groups excluding carboxylic acids is 1. The molecule has 0 spiro atoms. The van der Waals surface area contributed by atoms with Crippen molar-refractivity contribution in [3.05, 3.63) is 35.6 Å². The van der Waals surface area contributed by atoms with E-state index < -0.39 is 5.82 Å². The molecule has 2 aromatic rings. The number of β-amino-alcohol motifs (C(OH)–C–C–N with tert-alkyl or cyclic N) is 1. The van der Waals surface area contributed by atoms with E-state index in [2.05, 4.69) is 14.9 Å². The predicted octanol–water partition coefficient (Wildman–Crippen LogP) is 0.197. The van der Waals surface area contributed by atoms with Gasteiger partial charge < -0.3 is 21.5 Å². The highest BCUT2D eigenvalue weighted by atomic mass is 19.1. The maximum absolute atomic E-state index is 14.1. The Kier molecular flexibility index (Phi) is 5.29. The number of aliphatic hydroxyl groups is 1. The number of piperazine rings is 1. The van der Waals surface area contributed by atoms with Gasteiger partial charge in [-0.15, -0.1) is 0 Å². The van der Waals surface area contributed by atoms with E-state index in [1.165, 1.54) is 18.2 Å². The molecule has 8 nitrogen and oxygen atoms in total. The molecule has 3 rings (SSSR count). The average Bonchev–Trinajstić information content (AvgIpc) is 2.61. The first-order chi connectivity index (χ1) is 12.5. The third-order valence-corrected chi connectivity index (χ3v) is 4.28.